The zero-order valence-electron chi connectivity index (χ0n) is 6.05. The monoisotopic (exact) mass is 149 g/mol. The summed E-state index contributed by atoms with van der Waals surface area (Å²) in [4.78, 5) is 1.47. The van der Waals surface area contributed by atoms with Gasteiger partial charge < -0.3 is 4.57 Å². The van der Waals surface area contributed by atoms with Crippen LogP contribution in [0.3, 0.4) is 0 Å². The molecule has 2 rings (SSSR count). The van der Waals surface area contributed by atoms with Crippen LogP contribution in [0.15, 0.2) is 24.7 Å². The molecule has 0 radical (unpaired) electrons. The summed E-state index contributed by atoms with van der Waals surface area (Å²) in [6.45, 7) is 0. The molecule has 0 amide bonds. The van der Waals surface area contributed by atoms with E-state index in [1.807, 2.05) is 29.9 Å². The summed E-state index contributed by atoms with van der Waals surface area (Å²) in [5.41, 5.74) is 0. The number of rotatable bonds is 1. The lowest BCUT2D eigenvalue weighted by atomic mass is 10.6. The molecule has 0 spiro atoms. The summed E-state index contributed by atoms with van der Waals surface area (Å²) >= 11 is 0. The van der Waals surface area contributed by atoms with Crippen molar-refractivity contribution >= 4 is 0 Å². The van der Waals surface area contributed by atoms with Gasteiger partial charge in [-0.3, -0.25) is 0 Å². The van der Waals surface area contributed by atoms with Crippen molar-refractivity contribution < 1.29 is 0 Å². The van der Waals surface area contributed by atoms with Crippen LogP contribution in [0.4, 0.5) is 0 Å². The Labute approximate surface area is 63.3 Å². The third kappa shape index (κ3) is 0.899. The Bertz CT molecular complexity index is 333. The van der Waals surface area contributed by atoms with Crippen molar-refractivity contribution in [3.05, 3.63) is 24.7 Å². The van der Waals surface area contributed by atoms with Crippen LogP contribution in [0.1, 0.15) is 0 Å². The van der Waals surface area contributed by atoms with Gasteiger partial charge in [-0.2, -0.15) is 0 Å². The minimum Gasteiger partial charge on any atom is -0.335 e. The summed E-state index contributed by atoms with van der Waals surface area (Å²) in [6, 6.07) is 3.85. The minimum absolute atomic E-state index is 0.905. The highest BCUT2D eigenvalue weighted by Crippen LogP contribution is 2.01. The molecule has 2 aromatic rings. The van der Waals surface area contributed by atoms with Crippen molar-refractivity contribution in [3.8, 4) is 5.82 Å². The van der Waals surface area contributed by atoms with Crippen LogP contribution in [0.2, 0.25) is 0 Å². The van der Waals surface area contributed by atoms with Crippen LogP contribution >= 0.6 is 0 Å². The van der Waals surface area contributed by atoms with Crippen molar-refractivity contribution in [1.82, 2.24) is 24.8 Å². The highest BCUT2D eigenvalue weighted by molar-refractivity contribution is 5.20. The first kappa shape index (κ1) is 6.09. The standard InChI is InChI=1S/C6H7N5/c1-10-4-2-3-6(10)11-8-5-7-9-11/h2-5H,1H3. The van der Waals surface area contributed by atoms with E-state index >= 15 is 0 Å². The molecule has 0 aliphatic carbocycles. The molecule has 56 valence electrons. The Morgan fingerprint density at radius 3 is 2.91 bits per heavy atom. The van der Waals surface area contributed by atoms with Crippen molar-refractivity contribution in [1.29, 1.82) is 0 Å². The van der Waals surface area contributed by atoms with E-state index in [1.54, 1.807) is 0 Å². The SMILES string of the molecule is Cn1cccc1-n1ncnn1. The van der Waals surface area contributed by atoms with Gasteiger partial charge in [0.15, 0.2) is 12.1 Å². The molecule has 11 heavy (non-hydrogen) atoms. The lowest BCUT2D eigenvalue weighted by Gasteiger charge is -1.97. The molecule has 5 nitrogen and oxygen atoms in total. The number of nitrogens with zero attached hydrogens (tertiary/aromatic N) is 5. The van der Waals surface area contributed by atoms with Crippen LogP contribution in [-0.2, 0) is 7.05 Å². The second kappa shape index (κ2) is 2.19. The van der Waals surface area contributed by atoms with E-state index in [2.05, 4.69) is 15.4 Å². The quantitative estimate of drug-likeness (QED) is 0.573. The van der Waals surface area contributed by atoms with E-state index in [0.717, 1.165) is 5.82 Å². The van der Waals surface area contributed by atoms with Crippen LogP contribution in [0.25, 0.3) is 5.82 Å². The number of tetrazole rings is 1. The zero-order valence-corrected chi connectivity index (χ0v) is 6.05. The van der Waals surface area contributed by atoms with Gasteiger partial charge in [-0.15, -0.1) is 15.0 Å². The van der Waals surface area contributed by atoms with E-state index in [4.69, 9.17) is 0 Å². The Hall–Kier alpha value is -1.65. The lowest BCUT2D eigenvalue weighted by Crippen LogP contribution is -2.04. The number of hydrogen-bond donors (Lipinski definition) is 0. The largest absolute Gasteiger partial charge is 0.335 e. The topological polar surface area (TPSA) is 48.5 Å². The van der Waals surface area contributed by atoms with E-state index in [-0.39, 0.29) is 0 Å². The van der Waals surface area contributed by atoms with Crippen LogP contribution in [0, 0.1) is 0 Å². The van der Waals surface area contributed by atoms with Gasteiger partial charge in [0.05, 0.1) is 0 Å². The normalized spacial score (nSPS) is 10.3. The summed E-state index contributed by atoms with van der Waals surface area (Å²) < 4.78 is 1.92. The number of aryl methyl sites for hydroxylation is 1. The molecule has 0 N–H and O–H groups in total. The molecule has 0 unspecified atom stereocenters. The molecule has 0 bridgehead atoms. The van der Waals surface area contributed by atoms with E-state index in [0.29, 0.717) is 0 Å². The van der Waals surface area contributed by atoms with Gasteiger partial charge in [0, 0.05) is 13.2 Å². The molecule has 0 saturated carbocycles. The molecule has 0 fully saturated rings. The van der Waals surface area contributed by atoms with Crippen molar-refractivity contribution in [2.75, 3.05) is 0 Å². The molecule has 0 aliphatic rings. The van der Waals surface area contributed by atoms with Gasteiger partial charge in [-0.25, -0.2) is 0 Å². The molecular weight excluding hydrogens is 142 g/mol. The first-order valence-corrected chi connectivity index (χ1v) is 3.22. The van der Waals surface area contributed by atoms with Crippen molar-refractivity contribution in [3.63, 3.8) is 0 Å². The fraction of sp³-hybridized carbons (Fsp3) is 0.167. The molecule has 0 aromatic carbocycles. The third-order valence-corrected chi connectivity index (χ3v) is 1.47. The Morgan fingerprint density at radius 1 is 1.45 bits per heavy atom. The van der Waals surface area contributed by atoms with Gasteiger partial charge >= 0.3 is 0 Å². The average molecular weight is 149 g/mol. The van der Waals surface area contributed by atoms with Gasteiger partial charge in [-0.1, -0.05) is 0 Å². The summed E-state index contributed by atoms with van der Waals surface area (Å²) in [5.74, 6) is 0.905. The Morgan fingerprint density at radius 2 is 2.36 bits per heavy atom. The summed E-state index contributed by atoms with van der Waals surface area (Å²) in [6.07, 6.45) is 3.34. The first-order chi connectivity index (χ1) is 5.38. The zero-order chi connectivity index (χ0) is 7.68. The lowest BCUT2D eigenvalue weighted by molar-refractivity contribution is 0.668. The highest BCUT2D eigenvalue weighted by atomic mass is 15.6. The predicted octanol–water partition coefficient (Wildman–Crippen LogP) is 0.000800. The minimum atomic E-state index is 0.905. The van der Waals surface area contributed by atoms with Crippen LogP contribution in [-0.4, -0.2) is 24.8 Å². The van der Waals surface area contributed by atoms with Gasteiger partial charge in [0.25, 0.3) is 0 Å². The van der Waals surface area contributed by atoms with Crippen LogP contribution in [0.5, 0.6) is 0 Å². The molecule has 2 heterocycles. The number of hydrogen-bond acceptors (Lipinski definition) is 3. The smallest absolute Gasteiger partial charge is 0.162 e. The second-order valence-corrected chi connectivity index (χ2v) is 2.20. The fourth-order valence-corrected chi connectivity index (χ4v) is 0.932. The molecule has 0 saturated heterocycles. The van der Waals surface area contributed by atoms with E-state index < -0.39 is 0 Å². The maximum Gasteiger partial charge on any atom is 0.162 e. The number of aromatic nitrogens is 5. The molecule has 5 heteroatoms. The Kier molecular flexibility index (Phi) is 1.21. The molecular formula is C6H7N5. The summed E-state index contributed by atoms with van der Waals surface area (Å²) in [7, 11) is 1.93. The highest BCUT2D eigenvalue weighted by Gasteiger charge is 1.99. The van der Waals surface area contributed by atoms with Gasteiger partial charge in [-0.05, 0) is 17.3 Å². The molecule has 0 atom stereocenters. The van der Waals surface area contributed by atoms with E-state index in [1.165, 1.54) is 11.1 Å². The molecule has 0 aliphatic heterocycles. The first-order valence-electron chi connectivity index (χ1n) is 3.22. The summed E-state index contributed by atoms with van der Waals surface area (Å²) in [5, 5.41) is 11.3. The van der Waals surface area contributed by atoms with Crippen LogP contribution < -0.4 is 0 Å². The fourth-order valence-electron chi connectivity index (χ4n) is 0.932. The Balaban J connectivity index is 2.53. The predicted molar refractivity (Wildman–Crippen MR) is 38.1 cm³/mol. The molecule has 2 aromatic heterocycles. The van der Waals surface area contributed by atoms with Crippen molar-refractivity contribution in [2.45, 2.75) is 0 Å². The maximum atomic E-state index is 3.89. The van der Waals surface area contributed by atoms with Crippen molar-refractivity contribution in [2.24, 2.45) is 7.05 Å². The van der Waals surface area contributed by atoms with Gasteiger partial charge in [0.2, 0.25) is 0 Å². The van der Waals surface area contributed by atoms with Gasteiger partial charge in [0.1, 0.15) is 0 Å². The maximum absolute atomic E-state index is 3.89. The third-order valence-electron chi connectivity index (χ3n) is 1.47. The van der Waals surface area contributed by atoms with E-state index in [9.17, 15) is 0 Å². The second-order valence-electron chi connectivity index (χ2n) is 2.20. The average Bonchev–Trinajstić information content (AvgIpc) is 2.55.